The van der Waals surface area contributed by atoms with Crippen LogP contribution >= 0.6 is 0 Å². The number of rotatable bonds is 0. The second-order valence-electron chi connectivity index (χ2n) is 16.8. The zero-order valence-electron chi connectivity index (χ0n) is 33.6. The fourth-order valence-corrected chi connectivity index (χ4v) is 11.5. The summed E-state index contributed by atoms with van der Waals surface area (Å²) in [6, 6.07) is 70.1. The van der Waals surface area contributed by atoms with Gasteiger partial charge in [-0.15, -0.1) is 0 Å². The van der Waals surface area contributed by atoms with Crippen molar-refractivity contribution in [1.29, 1.82) is 0 Å². The topological polar surface area (TPSA) is 0 Å². The first kappa shape index (κ1) is 34.6. The Morgan fingerprint density at radius 2 is 0.597 bits per heavy atom. The van der Waals surface area contributed by atoms with Gasteiger partial charge in [0, 0.05) is 23.0 Å². The van der Waals surface area contributed by atoms with Gasteiger partial charge in [-0.3, -0.25) is 0 Å². The molecule has 15 rings (SSSR count). The molecule has 0 spiro atoms. The third-order valence-corrected chi connectivity index (χ3v) is 14.0. The predicted molar refractivity (Wildman–Crippen MR) is 251 cm³/mol. The Kier molecular flexibility index (Phi) is 7.32. The lowest BCUT2D eigenvalue weighted by molar-refractivity contribution is 0.666. The second-order valence-corrected chi connectivity index (χ2v) is 16.8. The molecule has 9 aromatic rings. The highest BCUT2D eigenvalue weighted by Crippen LogP contribution is 2.60. The summed E-state index contributed by atoms with van der Waals surface area (Å²) in [7, 11) is 0. The Labute approximate surface area is 361 Å². The number of hydrogen-bond donors (Lipinski definition) is 0. The molecule has 0 amide bonds. The quantitative estimate of drug-likeness (QED) is 0.106. The Morgan fingerprint density at radius 1 is 0.290 bits per heavy atom. The Balaban J connectivity index is 0.912. The average Bonchev–Trinajstić information content (AvgIpc) is 3.34. The van der Waals surface area contributed by atoms with E-state index in [-0.39, 0.29) is 11.8 Å². The summed E-state index contributed by atoms with van der Waals surface area (Å²) in [6.45, 7) is 0. The maximum Gasteiger partial charge on any atom is 0.108 e. The van der Waals surface area contributed by atoms with Crippen molar-refractivity contribution >= 4 is 21.5 Å². The first-order valence-corrected chi connectivity index (χ1v) is 21.3. The average molecular weight is 779 g/mol. The third-order valence-electron chi connectivity index (χ3n) is 14.0. The van der Waals surface area contributed by atoms with E-state index in [1.807, 2.05) is 0 Å². The molecule has 0 saturated heterocycles. The van der Waals surface area contributed by atoms with Crippen LogP contribution in [0.4, 0.5) is 0 Å². The molecule has 0 radical (unpaired) electrons. The van der Waals surface area contributed by atoms with E-state index >= 15 is 0 Å². The van der Waals surface area contributed by atoms with Gasteiger partial charge in [-0.25, -0.2) is 0 Å². The molecule has 4 bridgehead atoms. The molecule has 0 fully saturated rings. The molecule has 62 heavy (non-hydrogen) atoms. The Bertz CT molecular complexity index is 3220. The Hall–Kier alpha value is -8.26. The van der Waals surface area contributed by atoms with Crippen LogP contribution in [0.1, 0.15) is 89.7 Å². The maximum atomic E-state index is 3.77. The molecule has 0 saturated carbocycles. The van der Waals surface area contributed by atoms with Crippen LogP contribution in [-0.4, -0.2) is 0 Å². The molecular weight excluding hydrogens is 745 g/mol. The van der Waals surface area contributed by atoms with Gasteiger partial charge in [-0.1, -0.05) is 194 Å². The summed E-state index contributed by atoms with van der Waals surface area (Å²) in [5.74, 6) is 28.4. The van der Waals surface area contributed by atoms with Crippen LogP contribution in [0.15, 0.2) is 194 Å². The van der Waals surface area contributed by atoms with Gasteiger partial charge in [0.1, 0.15) is 10.8 Å². The number of hydrogen-bond acceptors (Lipinski definition) is 0. The number of benzene rings is 9. The monoisotopic (exact) mass is 778 g/mol. The Morgan fingerprint density at radius 3 is 0.919 bits per heavy atom. The zero-order chi connectivity index (χ0) is 40.8. The van der Waals surface area contributed by atoms with E-state index in [0.29, 0.717) is 0 Å². The van der Waals surface area contributed by atoms with Crippen LogP contribution in [0.5, 0.6) is 0 Å². The van der Waals surface area contributed by atoms with E-state index < -0.39 is 10.8 Å². The van der Waals surface area contributed by atoms with E-state index in [2.05, 4.69) is 241 Å². The molecule has 282 valence electrons. The highest BCUT2D eigenvalue weighted by atomic mass is 14.5. The van der Waals surface area contributed by atoms with Gasteiger partial charge in [0.2, 0.25) is 0 Å². The molecule has 0 atom stereocenters. The predicted octanol–water partition coefficient (Wildman–Crippen LogP) is 12.4. The second kappa shape index (κ2) is 13.1. The van der Waals surface area contributed by atoms with Crippen molar-refractivity contribution in [3.05, 3.63) is 272 Å². The summed E-state index contributed by atoms with van der Waals surface area (Å²) >= 11 is 0. The molecule has 0 N–H and O–H groups in total. The molecular formula is C62H34. The van der Waals surface area contributed by atoms with Crippen LogP contribution in [-0.2, 0) is 10.8 Å². The van der Waals surface area contributed by atoms with Gasteiger partial charge in [-0.2, -0.15) is 0 Å². The normalized spacial score (nSPS) is 19.5. The van der Waals surface area contributed by atoms with Crippen LogP contribution < -0.4 is 0 Å². The molecule has 0 heteroatoms. The van der Waals surface area contributed by atoms with Crippen molar-refractivity contribution in [1.82, 2.24) is 0 Å². The van der Waals surface area contributed by atoms with Crippen LogP contribution in [0.2, 0.25) is 0 Å². The molecule has 0 nitrogen and oxygen atoms in total. The van der Waals surface area contributed by atoms with E-state index in [0.717, 1.165) is 32.7 Å². The van der Waals surface area contributed by atoms with Crippen LogP contribution in [0.25, 0.3) is 21.5 Å². The standard InChI is InChI=1S/C62H34/c1-7-31-53-45(25-1)59-46-26-2-8-32-54(46)61(53,55-33-9-3-27-47(55)59)37-15-13-19-41-21-17-23-43-39-44-24-18-22-42(52(44)40-51(41)43)20-14-16-38-62-56-34-10-4-28-48(56)60(49-29-5-11-35-57(49)62)50-30-6-12-36-58(50)62/h1-12,17-18,21-36,39-40,59-60H. The van der Waals surface area contributed by atoms with Gasteiger partial charge in [-0.05, 0) is 136 Å². The molecule has 6 aliphatic carbocycles. The molecule has 0 heterocycles. The van der Waals surface area contributed by atoms with Gasteiger partial charge in [0.15, 0.2) is 0 Å². The van der Waals surface area contributed by atoms with Crippen LogP contribution in [0, 0.1) is 47.4 Å². The van der Waals surface area contributed by atoms with Crippen molar-refractivity contribution in [2.24, 2.45) is 0 Å². The van der Waals surface area contributed by atoms with E-state index in [9.17, 15) is 0 Å². The van der Waals surface area contributed by atoms with Gasteiger partial charge < -0.3 is 0 Å². The smallest absolute Gasteiger partial charge is 0.0676 e. The first-order valence-electron chi connectivity index (χ1n) is 21.3. The molecule has 9 aromatic carbocycles. The first-order chi connectivity index (χ1) is 30.8. The zero-order valence-corrected chi connectivity index (χ0v) is 33.6. The minimum atomic E-state index is -0.592. The van der Waals surface area contributed by atoms with E-state index in [1.165, 1.54) is 66.8 Å². The van der Waals surface area contributed by atoms with Crippen molar-refractivity contribution in [3.63, 3.8) is 0 Å². The molecule has 0 unspecified atom stereocenters. The highest BCUT2D eigenvalue weighted by molar-refractivity contribution is 6.03. The minimum Gasteiger partial charge on any atom is -0.0676 e. The van der Waals surface area contributed by atoms with Gasteiger partial charge in [0.25, 0.3) is 0 Å². The summed E-state index contributed by atoms with van der Waals surface area (Å²) in [5, 5.41) is 4.42. The largest absolute Gasteiger partial charge is 0.108 e. The maximum absolute atomic E-state index is 3.77. The highest BCUT2D eigenvalue weighted by Gasteiger charge is 2.52. The SMILES string of the molecule is C(C#CC12c3ccccc3C(c3ccccc31)c1ccccc12)#Cc1cccc2cc3cccc(C#CC#CC45c6ccccc6C(c6ccccc64)c4ccccc45)c3cc12. The summed E-state index contributed by atoms with van der Waals surface area (Å²) in [6.07, 6.45) is 0. The molecule has 0 aliphatic heterocycles. The molecule has 0 aromatic heterocycles. The fraction of sp³-hybridized carbons (Fsp3) is 0.0645. The summed E-state index contributed by atoms with van der Waals surface area (Å²) in [4.78, 5) is 0. The minimum absolute atomic E-state index is 0.208. The van der Waals surface area contributed by atoms with Crippen molar-refractivity contribution in [3.8, 4) is 47.4 Å². The summed E-state index contributed by atoms with van der Waals surface area (Å²) < 4.78 is 0. The molecule has 6 aliphatic rings. The lowest BCUT2D eigenvalue weighted by Crippen LogP contribution is -2.41. The lowest BCUT2D eigenvalue weighted by Gasteiger charge is -2.48. The fourth-order valence-electron chi connectivity index (χ4n) is 11.5. The van der Waals surface area contributed by atoms with Crippen molar-refractivity contribution in [2.75, 3.05) is 0 Å². The van der Waals surface area contributed by atoms with Gasteiger partial charge >= 0.3 is 0 Å². The van der Waals surface area contributed by atoms with Gasteiger partial charge in [0.05, 0.1) is 0 Å². The van der Waals surface area contributed by atoms with E-state index in [1.54, 1.807) is 0 Å². The van der Waals surface area contributed by atoms with Crippen molar-refractivity contribution in [2.45, 2.75) is 22.7 Å². The lowest BCUT2D eigenvalue weighted by atomic mass is 9.53. The number of fused-ring (bicyclic) bond motifs is 2. The van der Waals surface area contributed by atoms with Crippen molar-refractivity contribution < 1.29 is 0 Å². The third kappa shape index (κ3) is 4.62. The van der Waals surface area contributed by atoms with Crippen LogP contribution in [0.3, 0.4) is 0 Å². The van der Waals surface area contributed by atoms with E-state index in [4.69, 9.17) is 0 Å². The summed E-state index contributed by atoms with van der Waals surface area (Å²) in [5.41, 5.74) is 16.3.